The van der Waals surface area contributed by atoms with Crippen molar-refractivity contribution in [2.45, 2.75) is 6.10 Å². The van der Waals surface area contributed by atoms with E-state index in [1.54, 1.807) is 0 Å². The van der Waals surface area contributed by atoms with Gasteiger partial charge in [-0.15, -0.1) is 0 Å². The Hall–Kier alpha value is -3.31. The molecular formula is C21H17N3O2. The Balaban J connectivity index is 1.51. The Morgan fingerprint density at radius 3 is 2.58 bits per heavy atom. The van der Waals surface area contributed by atoms with Gasteiger partial charge in [-0.25, -0.2) is 4.98 Å². The second-order valence-electron chi connectivity index (χ2n) is 6.04. The highest BCUT2D eigenvalue weighted by molar-refractivity contribution is 5.93. The number of nitrogens with zero attached hydrogens (tertiary/aromatic N) is 2. The second-order valence-corrected chi connectivity index (χ2v) is 6.04. The number of benzene rings is 3. The van der Waals surface area contributed by atoms with Crippen molar-refractivity contribution in [2.24, 2.45) is 0 Å². The van der Waals surface area contributed by atoms with Gasteiger partial charge in [0.15, 0.2) is 0 Å². The van der Waals surface area contributed by atoms with E-state index < -0.39 is 6.10 Å². The number of nitrogens with one attached hydrogen (secondary N) is 1. The highest BCUT2D eigenvalue weighted by atomic mass is 16.3. The molecule has 5 nitrogen and oxygen atoms in total. The Kier molecular flexibility index (Phi) is 4.29. The van der Waals surface area contributed by atoms with E-state index in [2.05, 4.69) is 15.3 Å². The third-order valence-electron chi connectivity index (χ3n) is 4.32. The number of aliphatic hydroxyl groups is 1. The first kappa shape index (κ1) is 16.2. The van der Waals surface area contributed by atoms with Crippen molar-refractivity contribution in [3.8, 4) is 0 Å². The fourth-order valence-electron chi connectivity index (χ4n) is 3.00. The fourth-order valence-corrected chi connectivity index (χ4v) is 3.00. The molecule has 4 aromatic rings. The Morgan fingerprint density at radius 2 is 1.69 bits per heavy atom. The maximum Gasteiger partial charge on any atom is 0.271 e. The molecule has 0 saturated heterocycles. The van der Waals surface area contributed by atoms with Crippen molar-refractivity contribution in [2.75, 3.05) is 6.54 Å². The van der Waals surface area contributed by atoms with Crippen LogP contribution in [0.25, 0.3) is 21.8 Å². The van der Waals surface area contributed by atoms with Crippen LogP contribution in [0.15, 0.2) is 72.9 Å². The minimum absolute atomic E-state index is 0.0986. The first-order valence-corrected chi connectivity index (χ1v) is 8.38. The third kappa shape index (κ3) is 3.12. The number of amides is 1. The Bertz CT molecular complexity index is 1090. The van der Waals surface area contributed by atoms with Crippen LogP contribution in [-0.4, -0.2) is 27.5 Å². The molecule has 1 atom stereocenters. The molecule has 1 aromatic heterocycles. The molecule has 1 amide bonds. The topological polar surface area (TPSA) is 75.1 Å². The number of aromatic nitrogens is 2. The quantitative estimate of drug-likeness (QED) is 0.596. The van der Waals surface area contributed by atoms with E-state index in [4.69, 9.17) is 0 Å². The molecule has 0 radical (unpaired) electrons. The van der Waals surface area contributed by atoms with Gasteiger partial charge in [0.05, 0.1) is 23.3 Å². The number of carbonyl (C=O) groups excluding carboxylic acids is 1. The molecule has 0 bridgehead atoms. The molecule has 1 heterocycles. The van der Waals surface area contributed by atoms with Crippen LogP contribution in [0.5, 0.6) is 0 Å². The maximum atomic E-state index is 12.4. The van der Waals surface area contributed by atoms with Crippen molar-refractivity contribution >= 4 is 27.7 Å². The number of rotatable bonds is 4. The molecule has 1 unspecified atom stereocenters. The van der Waals surface area contributed by atoms with Crippen LogP contribution in [0.2, 0.25) is 0 Å². The van der Waals surface area contributed by atoms with Crippen LogP contribution in [0.4, 0.5) is 0 Å². The van der Waals surface area contributed by atoms with Gasteiger partial charge in [0.1, 0.15) is 5.69 Å². The summed E-state index contributed by atoms with van der Waals surface area (Å²) in [6.07, 6.45) is 0.639. The number of carbonyl (C=O) groups is 1. The molecule has 0 fully saturated rings. The zero-order valence-corrected chi connectivity index (χ0v) is 14.0. The summed E-state index contributed by atoms with van der Waals surface area (Å²) in [6, 6.07) is 21.0. The molecule has 0 aliphatic heterocycles. The van der Waals surface area contributed by atoms with Gasteiger partial charge in [0.25, 0.3) is 5.91 Å². The molecule has 0 saturated carbocycles. The van der Waals surface area contributed by atoms with Gasteiger partial charge in [-0.05, 0) is 28.5 Å². The molecule has 2 N–H and O–H groups in total. The highest BCUT2D eigenvalue weighted by Crippen LogP contribution is 2.23. The lowest BCUT2D eigenvalue weighted by atomic mass is 10.0. The molecule has 4 rings (SSSR count). The van der Waals surface area contributed by atoms with Gasteiger partial charge in [-0.2, -0.15) is 0 Å². The van der Waals surface area contributed by atoms with Crippen molar-refractivity contribution in [1.29, 1.82) is 0 Å². The Labute approximate surface area is 150 Å². The minimum atomic E-state index is -0.807. The fraction of sp³-hybridized carbons (Fsp3) is 0.0952. The maximum absolute atomic E-state index is 12.4. The van der Waals surface area contributed by atoms with Crippen molar-refractivity contribution in [3.05, 3.63) is 84.2 Å². The average molecular weight is 343 g/mol. The predicted molar refractivity (Wildman–Crippen MR) is 101 cm³/mol. The lowest BCUT2D eigenvalue weighted by molar-refractivity contribution is 0.0912. The van der Waals surface area contributed by atoms with E-state index in [9.17, 15) is 9.90 Å². The van der Waals surface area contributed by atoms with Crippen LogP contribution in [0.1, 0.15) is 22.2 Å². The average Bonchev–Trinajstić information content (AvgIpc) is 2.71. The van der Waals surface area contributed by atoms with Crippen LogP contribution in [-0.2, 0) is 0 Å². The molecule has 26 heavy (non-hydrogen) atoms. The number of hydrogen-bond acceptors (Lipinski definition) is 4. The predicted octanol–water partition coefficient (Wildman–Crippen LogP) is 3.25. The normalized spacial score (nSPS) is 12.2. The third-order valence-corrected chi connectivity index (χ3v) is 4.32. The molecular weight excluding hydrogens is 326 g/mol. The second kappa shape index (κ2) is 6.90. The van der Waals surface area contributed by atoms with E-state index in [0.29, 0.717) is 5.52 Å². The summed E-state index contributed by atoms with van der Waals surface area (Å²) in [6.45, 7) is 0.0986. The molecule has 3 aromatic carbocycles. The van der Waals surface area contributed by atoms with Gasteiger partial charge in [-0.1, -0.05) is 54.6 Å². The number of aliphatic hydroxyl groups excluding tert-OH is 1. The first-order valence-electron chi connectivity index (χ1n) is 8.38. The van der Waals surface area contributed by atoms with E-state index in [1.807, 2.05) is 66.7 Å². The van der Waals surface area contributed by atoms with Gasteiger partial charge in [-0.3, -0.25) is 9.78 Å². The van der Waals surface area contributed by atoms with E-state index >= 15 is 0 Å². The van der Waals surface area contributed by atoms with Crippen LogP contribution < -0.4 is 5.32 Å². The zero-order chi connectivity index (χ0) is 17.9. The van der Waals surface area contributed by atoms with Gasteiger partial charge >= 0.3 is 0 Å². The summed E-state index contributed by atoms with van der Waals surface area (Å²) in [4.78, 5) is 20.9. The van der Waals surface area contributed by atoms with Crippen LogP contribution in [0.3, 0.4) is 0 Å². The summed E-state index contributed by atoms with van der Waals surface area (Å²) < 4.78 is 0. The van der Waals surface area contributed by atoms with Crippen molar-refractivity contribution < 1.29 is 9.90 Å². The van der Waals surface area contributed by atoms with Gasteiger partial charge < -0.3 is 10.4 Å². The lowest BCUT2D eigenvalue weighted by Crippen LogP contribution is -2.29. The largest absolute Gasteiger partial charge is 0.387 e. The summed E-state index contributed by atoms with van der Waals surface area (Å²) >= 11 is 0. The van der Waals surface area contributed by atoms with E-state index in [1.165, 1.54) is 6.20 Å². The Morgan fingerprint density at radius 1 is 0.962 bits per heavy atom. The standard InChI is InChI=1S/C21H17N3O2/c25-20(16-9-5-7-14-6-1-2-8-15(14)16)13-23-21(26)19-12-22-17-10-3-4-11-18(17)24-19/h1-12,20,25H,13H2,(H,23,26). The van der Waals surface area contributed by atoms with Crippen LogP contribution in [0, 0.1) is 0 Å². The molecule has 0 aliphatic rings. The molecule has 0 spiro atoms. The monoisotopic (exact) mass is 343 g/mol. The summed E-state index contributed by atoms with van der Waals surface area (Å²) in [5.74, 6) is -0.359. The van der Waals surface area contributed by atoms with Crippen molar-refractivity contribution in [1.82, 2.24) is 15.3 Å². The summed E-state index contributed by atoms with van der Waals surface area (Å²) in [5, 5.41) is 15.3. The van der Waals surface area contributed by atoms with Crippen LogP contribution >= 0.6 is 0 Å². The van der Waals surface area contributed by atoms with Gasteiger partial charge in [0.2, 0.25) is 0 Å². The lowest BCUT2D eigenvalue weighted by Gasteiger charge is -2.14. The number of fused-ring (bicyclic) bond motifs is 2. The minimum Gasteiger partial charge on any atom is -0.387 e. The molecule has 128 valence electrons. The highest BCUT2D eigenvalue weighted by Gasteiger charge is 2.14. The SMILES string of the molecule is O=C(NCC(O)c1cccc2ccccc12)c1cnc2ccccc2n1. The van der Waals surface area contributed by atoms with E-state index in [0.717, 1.165) is 21.9 Å². The van der Waals surface area contributed by atoms with E-state index in [-0.39, 0.29) is 18.1 Å². The first-order chi connectivity index (χ1) is 12.7. The molecule has 0 aliphatic carbocycles. The number of para-hydroxylation sites is 2. The van der Waals surface area contributed by atoms with Gasteiger partial charge in [0, 0.05) is 6.54 Å². The summed E-state index contributed by atoms with van der Waals surface area (Å²) in [5.41, 5.74) is 2.41. The summed E-state index contributed by atoms with van der Waals surface area (Å²) in [7, 11) is 0. The smallest absolute Gasteiger partial charge is 0.271 e. The molecule has 5 heteroatoms. The number of hydrogen-bond donors (Lipinski definition) is 2. The zero-order valence-electron chi connectivity index (χ0n) is 14.0. The van der Waals surface area contributed by atoms with Crippen molar-refractivity contribution in [3.63, 3.8) is 0 Å².